The molecule has 3 unspecified atom stereocenters. The van der Waals surface area contributed by atoms with Gasteiger partial charge in [-0.1, -0.05) is 6.42 Å². The van der Waals surface area contributed by atoms with Gasteiger partial charge in [0, 0.05) is 6.04 Å². The molecule has 0 radical (unpaired) electrons. The van der Waals surface area contributed by atoms with Crippen LogP contribution in [0.3, 0.4) is 0 Å². The standard InChI is InChI=1S/C13H24N2/c14-8-9-2-1-5-13(7-9)11-4-3-10(6-11)12(13)15/h9-12H,1-8,14-15H2/t9-,10?,11?,12?,13-/m1/s1. The summed E-state index contributed by atoms with van der Waals surface area (Å²) in [5.74, 6) is 2.57. The molecule has 4 N–H and O–H groups in total. The Kier molecular flexibility index (Phi) is 2.33. The maximum Gasteiger partial charge on any atom is 0.0127 e. The van der Waals surface area contributed by atoms with E-state index >= 15 is 0 Å². The van der Waals surface area contributed by atoms with Gasteiger partial charge in [-0.05, 0) is 68.2 Å². The van der Waals surface area contributed by atoms with Gasteiger partial charge in [-0.2, -0.15) is 0 Å². The van der Waals surface area contributed by atoms with Crippen molar-refractivity contribution in [3.8, 4) is 0 Å². The summed E-state index contributed by atoms with van der Waals surface area (Å²) < 4.78 is 0. The first-order valence-electron chi connectivity index (χ1n) is 6.72. The molecule has 3 aliphatic rings. The van der Waals surface area contributed by atoms with Crippen molar-refractivity contribution in [3.63, 3.8) is 0 Å². The molecule has 0 aliphatic heterocycles. The highest BCUT2D eigenvalue weighted by Crippen LogP contribution is 2.61. The quantitative estimate of drug-likeness (QED) is 0.691. The second-order valence-corrected chi connectivity index (χ2v) is 6.23. The molecule has 0 aromatic heterocycles. The highest BCUT2D eigenvalue weighted by atomic mass is 14.8. The monoisotopic (exact) mass is 208 g/mol. The molecule has 3 rings (SSSR count). The topological polar surface area (TPSA) is 52.0 Å². The van der Waals surface area contributed by atoms with Gasteiger partial charge in [-0.15, -0.1) is 0 Å². The minimum Gasteiger partial charge on any atom is -0.330 e. The first kappa shape index (κ1) is 10.1. The van der Waals surface area contributed by atoms with Gasteiger partial charge in [0.05, 0.1) is 0 Å². The van der Waals surface area contributed by atoms with E-state index in [2.05, 4.69) is 0 Å². The predicted octanol–water partition coefficient (Wildman–Crippen LogP) is 1.88. The zero-order valence-corrected chi connectivity index (χ0v) is 9.62. The van der Waals surface area contributed by atoms with Crippen LogP contribution in [0.2, 0.25) is 0 Å². The summed E-state index contributed by atoms with van der Waals surface area (Å²) >= 11 is 0. The number of fused-ring (bicyclic) bond motifs is 3. The Bertz CT molecular complexity index is 249. The summed E-state index contributed by atoms with van der Waals surface area (Å²) in [7, 11) is 0. The third-order valence-electron chi connectivity index (χ3n) is 5.71. The number of hydrogen-bond acceptors (Lipinski definition) is 2. The van der Waals surface area contributed by atoms with E-state index in [1.54, 1.807) is 0 Å². The van der Waals surface area contributed by atoms with Crippen molar-refractivity contribution < 1.29 is 0 Å². The van der Waals surface area contributed by atoms with Gasteiger partial charge in [-0.3, -0.25) is 0 Å². The van der Waals surface area contributed by atoms with E-state index in [0.29, 0.717) is 11.5 Å². The number of hydrogen-bond donors (Lipinski definition) is 2. The third kappa shape index (κ3) is 1.31. The van der Waals surface area contributed by atoms with Crippen molar-refractivity contribution in [3.05, 3.63) is 0 Å². The molecule has 2 nitrogen and oxygen atoms in total. The molecule has 5 atom stereocenters. The lowest BCUT2D eigenvalue weighted by molar-refractivity contribution is 0.0505. The Morgan fingerprint density at radius 3 is 2.73 bits per heavy atom. The van der Waals surface area contributed by atoms with Crippen LogP contribution >= 0.6 is 0 Å². The van der Waals surface area contributed by atoms with Crippen LogP contribution in [0.4, 0.5) is 0 Å². The van der Waals surface area contributed by atoms with E-state index in [1.165, 1.54) is 44.9 Å². The molecule has 0 aromatic rings. The fourth-order valence-electron chi connectivity index (χ4n) is 4.94. The maximum atomic E-state index is 6.51. The number of nitrogens with two attached hydrogens (primary N) is 2. The average Bonchev–Trinajstić information content (AvgIpc) is 2.84. The molecular formula is C13H24N2. The smallest absolute Gasteiger partial charge is 0.0127 e. The Morgan fingerprint density at radius 2 is 2.07 bits per heavy atom. The highest BCUT2D eigenvalue weighted by molar-refractivity contribution is 5.10. The van der Waals surface area contributed by atoms with E-state index in [4.69, 9.17) is 11.5 Å². The molecule has 0 saturated heterocycles. The van der Waals surface area contributed by atoms with Crippen LogP contribution in [0.1, 0.15) is 44.9 Å². The molecule has 86 valence electrons. The Hall–Kier alpha value is -0.0800. The molecule has 3 aliphatic carbocycles. The molecule has 0 aromatic carbocycles. The van der Waals surface area contributed by atoms with Gasteiger partial charge < -0.3 is 11.5 Å². The van der Waals surface area contributed by atoms with Gasteiger partial charge in [0.1, 0.15) is 0 Å². The van der Waals surface area contributed by atoms with E-state index in [1.807, 2.05) is 0 Å². The zero-order chi connectivity index (χ0) is 10.5. The van der Waals surface area contributed by atoms with E-state index in [-0.39, 0.29) is 0 Å². The minimum atomic E-state index is 0.505. The van der Waals surface area contributed by atoms with Crippen LogP contribution in [0.5, 0.6) is 0 Å². The summed E-state index contributed by atoms with van der Waals surface area (Å²) in [6.07, 6.45) is 9.74. The van der Waals surface area contributed by atoms with Crippen molar-refractivity contribution in [2.24, 2.45) is 34.6 Å². The molecule has 2 bridgehead atoms. The molecule has 3 fully saturated rings. The van der Waals surface area contributed by atoms with Gasteiger partial charge >= 0.3 is 0 Å². The summed E-state index contributed by atoms with van der Waals surface area (Å²) in [6.45, 7) is 0.881. The maximum absolute atomic E-state index is 6.51. The summed E-state index contributed by atoms with van der Waals surface area (Å²) in [6, 6.07) is 0.505. The molecule has 1 spiro atoms. The normalized spacial score (nSPS) is 54.0. The second kappa shape index (κ2) is 3.46. The van der Waals surface area contributed by atoms with Crippen molar-refractivity contribution in [1.29, 1.82) is 0 Å². The van der Waals surface area contributed by atoms with Crippen LogP contribution in [-0.4, -0.2) is 12.6 Å². The largest absolute Gasteiger partial charge is 0.330 e. The van der Waals surface area contributed by atoms with Crippen LogP contribution in [0.25, 0.3) is 0 Å². The third-order valence-corrected chi connectivity index (χ3v) is 5.71. The molecule has 2 heteroatoms. The lowest BCUT2D eigenvalue weighted by atomic mass is 9.59. The molecular weight excluding hydrogens is 184 g/mol. The van der Waals surface area contributed by atoms with Crippen LogP contribution in [-0.2, 0) is 0 Å². The first-order valence-corrected chi connectivity index (χ1v) is 6.72. The predicted molar refractivity (Wildman–Crippen MR) is 62.3 cm³/mol. The Morgan fingerprint density at radius 1 is 1.20 bits per heavy atom. The molecule has 0 heterocycles. The fourth-order valence-corrected chi connectivity index (χ4v) is 4.94. The highest BCUT2D eigenvalue weighted by Gasteiger charge is 2.57. The van der Waals surface area contributed by atoms with Crippen LogP contribution in [0, 0.1) is 23.2 Å². The molecule has 0 amide bonds. The van der Waals surface area contributed by atoms with E-state index in [9.17, 15) is 0 Å². The lowest BCUT2D eigenvalue weighted by Gasteiger charge is -2.47. The summed E-state index contributed by atoms with van der Waals surface area (Å²) in [5, 5.41) is 0. The Labute approximate surface area is 92.8 Å². The van der Waals surface area contributed by atoms with Gasteiger partial charge in [-0.25, -0.2) is 0 Å². The minimum absolute atomic E-state index is 0.505. The van der Waals surface area contributed by atoms with Crippen molar-refractivity contribution >= 4 is 0 Å². The van der Waals surface area contributed by atoms with Crippen LogP contribution in [0.15, 0.2) is 0 Å². The van der Waals surface area contributed by atoms with Gasteiger partial charge in [0.25, 0.3) is 0 Å². The Balaban J connectivity index is 1.83. The van der Waals surface area contributed by atoms with Crippen molar-refractivity contribution in [2.75, 3.05) is 6.54 Å². The molecule has 15 heavy (non-hydrogen) atoms. The van der Waals surface area contributed by atoms with Crippen molar-refractivity contribution in [2.45, 2.75) is 51.0 Å². The molecule has 3 saturated carbocycles. The van der Waals surface area contributed by atoms with E-state index in [0.717, 1.165) is 24.3 Å². The second-order valence-electron chi connectivity index (χ2n) is 6.23. The summed E-state index contributed by atoms with van der Waals surface area (Å²) in [4.78, 5) is 0. The van der Waals surface area contributed by atoms with Crippen LogP contribution < -0.4 is 11.5 Å². The average molecular weight is 208 g/mol. The lowest BCUT2D eigenvalue weighted by Crippen LogP contribution is -2.49. The first-order chi connectivity index (χ1) is 7.26. The van der Waals surface area contributed by atoms with Gasteiger partial charge in [0.2, 0.25) is 0 Å². The van der Waals surface area contributed by atoms with Gasteiger partial charge in [0.15, 0.2) is 0 Å². The van der Waals surface area contributed by atoms with Crippen molar-refractivity contribution in [1.82, 2.24) is 0 Å². The zero-order valence-electron chi connectivity index (χ0n) is 9.62. The summed E-state index contributed by atoms with van der Waals surface area (Å²) in [5.41, 5.74) is 12.9. The fraction of sp³-hybridized carbons (Fsp3) is 1.00. The van der Waals surface area contributed by atoms with E-state index < -0.39 is 0 Å². The number of rotatable bonds is 1. The SMILES string of the molecule is NC[C@@H]1CCC[C@@]2(C1)C1CCC(C1)C2N.